The number of para-hydroxylation sites is 3. The van der Waals surface area contributed by atoms with Gasteiger partial charge in [0.15, 0.2) is 0 Å². The molecule has 0 atom stereocenters. The number of hydrogen-bond donors (Lipinski definition) is 0. The normalized spacial score (nSPS) is 13.0. The summed E-state index contributed by atoms with van der Waals surface area (Å²) in [6.07, 6.45) is 0. The zero-order valence-corrected chi connectivity index (χ0v) is 44.4. The number of anilines is 3. The summed E-state index contributed by atoms with van der Waals surface area (Å²) in [6, 6.07) is 96.2. The lowest BCUT2D eigenvalue weighted by Gasteiger charge is -2.42. The highest BCUT2D eigenvalue weighted by Crippen LogP contribution is 2.51. The highest BCUT2D eigenvalue weighted by molar-refractivity contribution is 8.00. The summed E-state index contributed by atoms with van der Waals surface area (Å²) < 4.78 is 2.50. The quantitative estimate of drug-likeness (QED) is 0.121. The fourth-order valence-electron chi connectivity index (χ4n) is 13.2. The van der Waals surface area contributed by atoms with Crippen LogP contribution in [0.4, 0.5) is 17.1 Å². The molecule has 2 nitrogen and oxygen atoms in total. The maximum atomic E-state index is 2.65. The third-order valence-corrected chi connectivity index (χ3v) is 18.0. The van der Waals surface area contributed by atoms with Gasteiger partial charge in [-0.1, -0.05) is 244 Å². The van der Waals surface area contributed by atoms with Crippen molar-refractivity contribution in [3.8, 4) is 50.2 Å². The summed E-state index contributed by atoms with van der Waals surface area (Å²) in [5.74, 6) is 0. The van der Waals surface area contributed by atoms with Gasteiger partial charge in [-0.05, 0) is 136 Å². The predicted molar refractivity (Wildman–Crippen MR) is 335 cm³/mol. The lowest BCUT2D eigenvalue weighted by molar-refractivity contribution is 0.591. The van der Waals surface area contributed by atoms with Gasteiger partial charge in [0.05, 0.1) is 16.7 Å². The first-order valence-corrected chi connectivity index (χ1v) is 28.1. The number of fused-ring (bicyclic) bond motifs is 7. The van der Waals surface area contributed by atoms with E-state index in [4.69, 9.17) is 0 Å². The van der Waals surface area contributed by atoms with Crippen LogP contribution < -0.4 is 21.3 Å². The van der Waals surface area contributed by atoms with Crippen molar-refractivity contribution >= 4 is 106 Å². The van der Waals surface area contributed by atoms with Gasteiger partial charge in [-0.3, -0.25) is 0 Å². The Morgan fingerprint density at radius 3 is 1.47 bits per heavy atom. The fourth-order valence-corrected chi connectivity index (χ4v) is 14.4. The Balaban J connectivity index is 1.00. The molecule has 2 aliphatic rings. The van der Waals surface area contributed by atoms with Gasteiger partial charge in [0, 0.05) is 48.8 Å². The maximum absolute atomic E-state index is 2.65. The Morgan fingerprint density at radius 2 is 0.885 bits per heavy atom. The minimum absolute atomic E-state index is 0.0585. The van der Waals surface area contributed by atoms with Crippen LogP contribution in [0.15, 0.2) is 265 Å². The average Bonchev–Trinajstić information content (AvgIpc) is 3.69. The molecule has 0 spiro atoms. The fraction of sp³-hybridized carbons (Fsp3) is 0.0541. The van der Waals surface area contributed by atoms with Gasteiger partial charge in [-0.2, -0.15) is 0 Å². The molecule has 0 saturated carbocycles. The first kappa shape index (κ1) is 45.1. The summed E-state index contributed by atoms with van der Waals surface area (Å²) in [5, 5.41) is 10.3. The van der Waals surface area contributed by atoms with Crippen LogP contribution in [0, 0.1) is 0 Å². The van der Waals surface area contributed by atoms with Crippen molar-refractivity contribution in [2.24, 2.45) is 0 Å². The average molecular weight is 1010 g/mol. The van der Waals surface area contributed by atoms with E-state index in [2.05, 4.69) is 285 Å². The molecule has 0 fully saturated rings. The number of hydrogen-bond acceptors (Lipinski definition) is 2. The van der Waals surface area contributed by atoms with Crippen LogP contribution in [0.25, 0.3) is 104 Å². The molecule has 0 bridgehead atoms. The van der Waals surface area contributed by atoms with E-state index in [1.807, 2.05) is 11.8 Å². The minimum atomic E-state index is -0.0698. The largest absolute Gasteiger partial charge is 0.310 e. The Hall–Kier alpha value is -9.09. The zero-order valence-electron chi connectivity index (χ0n) is 43.6. The van der Waals surface area contributed by atoms with Crippen LogP contribution in [0.3, 0.4) is 0 Å². The molecule has 2 aliphatic heterocycles. The molecule has 0 unspecified atom stereocenters. The Labute approximate surface area is 459 Å². The summed E-state index contributed by atoms with van der Waals surface area (Å²) in [5.41, 5.74) is 22.0. The first-order valence-electron chi connectivity index (χ1n) is 27.3. The van der Waals surface area contributed by atoms with Gasteiger partial charge in [0.2, 0.25) is 6.71 Å². The van der Waals surface area contributed by atoms with Crippen molar-refractivity contribution in [1.29, 1.82) is 0 Å². The van der Waals surface area contributed by atoms with Crippen molar-refractivity contribution in [3.05, 3.63) is 260 Å². The number of rotatable bonds is 6. The first-order chi connectivity index (χ1) is 38.3. The van der Waals surface area contributed by atoms with Crippen LogP contribution in [-0.4, -0.2) is 11.3 Å². The Kier molecular flexibility index (Phi) is 9.96. The second kappa shape index (κ2) is 17.2. The van der Waals surface area contributed by atoms with Crippen molar-refractivity contribution in [2.75, 3.05) is 4.90 Å². The lowest BCUT2D eigenvalue weighted by atomic mass is 9.34. The van der Waals surface area contributed by atoms with Crippen molar-refractivity contribution < 1.29 is 0 Å². The Morgan fingerprint density at radius 1 is 0.372 bits per heavy atom. The highest BCUT2D eigenvalue weighted by Gasteiger charge is 2.43. The van der Waals surface area contributed by atoms with Gasteiger partial charge >= 0.3 is 0 Å². The summed E-state index contributed by atoms with van der Waals surface area (Å²) >= 11 is 1.92. The summed E-state index contributed by atoms with van der Waals surface area (Å²) in [6.45, 7) is 6.86. The standard InChI is InChI=1S/C74H51BN2S/c1-74(2,3)56-40-53-32-30-51-38-55(39-52-31-33-54(41-56)71(53)70(51)52)50-34-36-66-62(42-50)75-63-43-49(46-18-7-4-8-19-46)35-37-68(63)78-69-45-57(76-64-28-15-13-24-60(64)61-25-14-16-29-65(61)76)44-67(72(69)75)77(66)73-58(47-20-9-5-10-21-47)26-17-27-59(73)48-22-11-6-12-23-48/h4-45H,1-3H3. The molecule has 0 aliphatic carbocycles. The molecule has 78 heavy (non-hydrogen) atoms. The van der Waals surface area contributed by atoms with Gasteiger partial charge in [-0.25, -0.2) is 0 Å². The van der Waals surface area contributed by atoms with Crippen molar-refractivity contribution in [1.82, 2.24) is 4.57 Å². The number of benzene rings is 13. The van der Waals surface area contributed by atoms with Gasteiger partial charge < -0.3 is 9.47 Å². The van der Waals surface area contributed by atoms with E-state index >= 15 is 0 Å². The molecule has 16 rings (SSSR count). The molecule has 0 radical (unpaired) electrons. The van der Waals surface area contributed by atoms with Gasteiger partial charge in [0.1, 0.15) is 0 Å². The summed E-state index contributed by atoms with van der Waals surface area (Å²) in [4.78, 5) is 5.20. The third-order valence-electron chi connectivity index (χ3n) is 16.9. The van der Waals surface area contributed by atoms with Crippen LogP contribution in [0.1, 0.15) is 26.3 Å². The van der Waals surface area contributed by atoms with Crippen molar-refractivity contribution in [3.63, 3.8) is 0 Å². The molecule has 1 aromatic heterocycles. The molecule has 13 aromatic carbocycles. The second-order valence-electron chi connectivity index (χ2n) is 22.4. The zero-order chi connectivity index (χ0) is 51.8. The second-order valence-corrected chi connectivity index (χ2v) is 23.5. The molecular formula is C74H51BN2S. The van der Waals surface area contributed by atoms with E-state index in [1.165, 1.54) is 142 Å². The minimum Gasteiger partial charge on any atom is -0.310 e. The molecular weight excluding hydrogens is 960 g/mol. The molecule has 0 N–H and O–H groups in total. The van der Waals surface area contributed by atoms with Crippen LogP contribution >= 0.6 is 11.8 Å². The molecule has 4 heteroatoms. The van der Waals surface area contributed by atoms with Gasteiger partial charge in [-0.15, -0.1) is 0 Å². The number of aromatic nitrogens is 1. The third kappa shape index (κ3) is 6.92. The predicted octanol–water partition coefficient (Wildman–Crippen LogP) is 18.4. The van der Waals surface area contributed by atoms with Crippen LogP contribution in [0.5, 0.6) is 0 Å². The molecule has 14 aromatic rings. The highest BCUT2D eigenvalue weighted by atomic mass is 32.2. The molecule has 366 valence electrons. The van der Waals surface area contributed by atoms with E-state index in [9.17, 15) is 0 Å². The number of nitrogens with zero attached hydrogens (tertiary/aromatic N) is 2. The van der Waals surface area contributed by atoms with E-state index in [-0.39, 0.29) is 12.1 Å². The smallest absolute Gasteiger partial charge is 0.249 e. The maximum Gasteiger partial charge on any atom is 0.249 e. The molecule has 0 saturated heterocycles. The van der Waals surface area contributed by atoms with Gasteiger partial charge in [0.25, 0.3) is 0 Å². The Bertz CT molecular complexity index is 4570. The van der Waals surface area contributed by atoms with E-state index in [0.29, 0.717) is 0 Å². The molecule has 0 amide bonds. The van der Waals surface area contributed by atoms with E-state index in [1.54, 1.807) is 0 Å². The van der Waals surface area contributed by atoms with E-state index < -0.39 is 0 Å². The monoisotopic (exact) mass is 1010 g/mol. The topological polar surface area (TPSA) is 8.17 Å². The lowest BCUT2D eigenvalue weighted by Crippen LogP contribution is -2.60. The summed E-state index contributed by atoms with van der Waals surface area (Å²) in [7, 11) is 0. The van der Waals surface area contributed by atoms with Crippen LogP contribution in [0.2, 0.25) is 0 Å². The molecule has 3 heterocycles. The van der Waals surface area contributed by atoms with E-state index in [0.717, 1.165) is 11.4 Å². The van der Waals surface area contributed by atoms with Crippen molar-refractivity contribution in [2.45, 2.75) is 36.0 Å². The SMILES string of the molecule is CC(C)(C)c1cc2ccc3cc(-c4ccc5c(c4)B4c6cc(-c7ccccc7)ccc6Sc6cc(-n7c8ccccc8c8ccccc87)cc(c64)N5c4c(-c5ccccc5)cccc4-c4ccccc4)cc4ccc(c1)c2c34. The van der Waals surface area contributed by atoms with Crippen LogP contribution in [-0.2, 0) is 5.41 Å².